The van der Waals surface area contributed by atoms with E-state index in [0.29, 0.717) is 15.6 Å². The smallest absolute Gasteiger partial charge is 0.251 e. The van der Waals surface area contributed by atoms with Gasteiger partial charge in [-0.2, -0.15) is 4.31 Å². The van der Waals surface area contributed by atoms with Crippen molar-refractivity contribution in [3.63, 3.8) is 0 Å². The van der Waals surface area contributed by atoms with Gasteiger partial charge in [-0.3, -0.25) is 9.59 Å². The normalized spacial score (nSPS) is 15.1. The van der Waals surface area contributed by atoms with Crippen molar-refractivity contribution in [1.82, 2.24) is 14.9 Å². The third-order valence-corrected chi connectivity index (χ3v) is 6.62. The number of sulfonamides is 1. The van der Waals surface area contributed by atoms with Crippen LogP contribution in [0.3, 0.4) is 0 Å². The maximum Gasteiger partial charge on any atom is 0.251 e. The first-order chi connectivity index (χ1) is 13.3. The molecule has 0 bridgehead atoms. The molecule has 28 heavy (non-hydrogen) atoms. The Bertz CT molecular complexity index is 1030. The van der Waals surface area contributed by atoms with E-state index in [1.54, 1.807) is 18.2 Å². The lowest BCUT2D eigenvalue weighted by Gasteiger charge is -2.26. The van der Waals surface area contributed by atoms with Crippen molar-refractivity contribution in [2.24, 2.45) is 0 Å². The molecule has 1 fully saturated rings. The van der Waals surface area contributed by atoms with Gasteiger partial charge in [0.25, 0.3) is 5.91 Å². The van der Waals surface area contributed by atoms with E-state index in [1.807, 2.05) is 0 Å². The van der Waals surface area contributed by atoms with Crippen LogP contribution in [0.25, 0.3) is 0 Å². The zero-order chi connectivity index (χ0) is 20.3. The summed E-state index contributed by atoms with van der Waals surface area (Å²) in [6, 6.07) is 10.6. The summed E-state index contributed by atoms with van der Waals surface area (Å²) in [6.07, 6.45) is 0. The fourth-order valence-corrected chi connectivity index (χ4v) is 4.63. The number of hydrogen-bond acceptors (Lipinski definition) is 4. The van der Waals surface area contributed by atoms with E-state index >= 15 is 0 Å². The highest BCUT2D eigenvalue weighted by atomic mass is 35.5. The van der Waals surface area contributed by atoms with E-state index in [-0.39, 0.29) is 42.5 Å². The molecule has 2 aromatic rings. The molecule has 0 atom stereocenters. The molecule has 148 valence electrons. The Labute approximate surface area is 172 Å². The molecular weight excluding hydrogens is 425 g/mol. The number of carbonyl (C=O) groups is 2. The van der Waals surface area contributed by atoms with Gasteiger partial charge in [0.15, 0.2) is 0 Å². The van der Waals surface area contributed by atoms with Crippen LogP contribution in [0.2, 0.25) is 10.0 Å². The van der Waals surface area contributed by atoms with E-state index < -0.39 is 15.9 Å². The molecule has 7 nitrogen and oxygen atoms in total. The Balaban J connectivity index is 1.75. The zero-order valence-electron chi connectivity index (χ0n) is 14.6. The van der Waals surface area contributed by atoms with E-state index in [1.165, 1.54) is 24.3 Å². The summed E-state index contributed by atoms with van der Waals surface area (Å²) >= 11 is 11.9. The molecule has 0 unspecified atom stereocenters. The number of benzene rings is 2. The molecule has 1 aliphatic heterocycles. The maximum atomic E-state index is 12.7. The van der Waals surface area contributed by atoms with Crippen LogP contribution in [-0.4, -0.2) is 44.2 Å². The lowest BCUT2D eigenvalue weighted by molar-refractivity contribution is -0.122. The van der Waals surface area contributed by atoms with Crippen LogP contribution in [0.15, 0.2) is 47.4 Å². The first-order valence-electron chi connectivity index (χ1n) is 8.36. The highest BCUT2D eigenvalue weighted by Gasteiger charge is 2.29. The molecule has 0 aromatic heterocycles. The van der Waals surface area contributed by atoms with Crippen LogP contribution in [0.4, 0.5) is 0 Å². The molecule has 0 saturated carbocycles. The van der Waals surface area contributed by atoms with Gasteiger partial charge in [-0.1, -0.05) is 35.3 Å². The quantitative estimate of drug-likeness (QED) is 0.741. The predicted molar refractivity (Wildman–Crippen MR) is 106 cm³/mol. The molecule has 1 saturated heterocycles. The average Bonchev–Trinajstić information content (AvgIpc) is 2.67. The van der Waals surface area contributed by atoms with Gasteiger partial charge < -0.3 is 10.6 Å². The summed E-state index contributed by atoms with van der Waals surface area (Å²) in [4.78, 5) is 23.9. The van der Waals surface area contributed by atoms with Gasteiger partial charge in [0.05, 0.1) is 11.4 Å². The van der Waals surface area contributed by atoms with Crippen molar-refractivity contribution < 1.29 is 18.0 Å². The highest BCUT2D eigenvalue weighted by Crippen LogP contribution is 2.21. The third-order valence-electron chi connectivity index (χ3n) is 4.19. The van der Waals surface area contributed by atoms with Crippen LogP contribution >= 0.6 is 23.2 Å². The van der Waals surface area contributed by atoms with Crippen molar-refractivity contribution in [1.29, 1.82) is 0 Å². The van der Waals surface area contributed by atoms with Crippen molar-refractivity contribution in [2.45, 2.75) is 11.4 Å². The SMILES string of the molecule is O=C1CN(S(=O)(=O)c2cccc(C(=O)NCc3ccc(Cl)cc3Cl)c2)CCN1. The van der Waals surface area contributed by atoms with Gasteiger partial charge in [0.1, 0.15) is 0 Å². The first-order valence-corrected chi connectivity index (χ1v) is 10.6. The minimum Gasteiger partial charge on any atom is -0.354 e. The van der Waals surface area contributed by atoms with Crippen LogP contribution in [0.5, 0.6) is 0 Å². The third kappa shape index (κ3) is 4.64. The summed E-state index contributed by atoms with van der Waals surface area (Å²) in [5.74, 6) is -0.803. The number of amides is 2. The number of nitrogens with zero attached hydrogens (tertiary/aromatic N) is 1. The zero-order valence-corrected chi connectivity index (χ0v) is 16.9. The number of halogens is 2. The number of piperazine rings is 1. The lowest BCUT2D eigenvalue weighted by atomic mass is 10.2. The average molecular weight is 442 g/mol. The standard InChI is InChI=1S/C18H17Cl2N3O4S/c19-14-5-4-13(16(20)9-14)10-22-18(25)12-2-1-3-15(8-12)28(26,27)23-7-6-21-17(24)11-23/h1-5,8-9H,6-7,10-11H2,(H,21,24)(H,22,25). The molecule has 3 rings (SSSR count). The Morgan fingerprint density at radius 1 is 1.18 bits per heavy atom. The van der Waals surface area contributed by atoms with E-state index in [9.17, 15) is 18.0 Å². The molecule has 2 aromatic carbocycles. The van der Waals surface area contributed by atoms with Gasteiger partial charge in [-0.05, 0) is 35.9 Å². The minimum absolute atomic E-state index is 0.0422. The monoisotopic (exact) mass is 441 g/mol. The number of nitrogens with one attached hydrogen (secondary N) is 2. The number of carbonyl (C=O) groups excluding carboxylic acids is 2. The highest BCUT2D eigenvalue weighted by molar-refractivity contribution is 7.89. The molecule has 2 N–H and O–H groups in total. The molecule has 0 aliphatic carbocycles. The summed E-state index contributed by atoms with van der Waals surface area (Å²) in [5.41, 5.74) is 0.871. The number of rotatable bonds is 5. The van der Waals surface area contributed by atoms with Crippen molar-refractivity contribution in [3.8, 4) is 0 Å². The van der Waals surface area contributed by atoms with E-state index in [2.05, 4.69) is 10.6 Å². The Hall–Kier alpha value is -2.13. The first kappa shape index (κ1) is 20.6. The van der Waals surface area contributed by atoms with Crippen LogP contribution in [-0.2, 0) is 21.4 Å². The molecular formula is C18H17Cl2N3O4S. The minimum atomic E-state index is -3.87. The number of hydrogen-bond donors (Lipinski definition) is 2. The van der Waals surface area contributed by atoms with Crippen LogP contribution < -0.4 is 10.6 Å². The second kappa shape index (κ2) is 8.48. The van der Waals surface area contributed by atoms with Gasteiger partial charge in [-0.25, -0.2) is 8.42 Å². The van der Waals surface area contributed by atoms with Gasteiger partial charge in [-0.15, -0.1) is 0 Å². The summed E-state index contributed by atoms with van der Waals surface area (Å²) in [6.45, 7) is 0.353. The molecule has 2 amide bonds. The van der Waals surface area contributed by atoms with Crippen LogP contribution in [0.1, 0.15) is 15.9 Å². The molecule has 0 spiro atoms. The van der Waals surface area contributed by atoms with Crippen molar-refractivity contribution >= 4 is 45.0 Å². The second-order valence-electron chi connectivity index (χ2n) is 6.13. The fourth-order valence-electron chi connectivity index (χ4n) is 2.71. The molecule has 1 heterocycles. The Kier molecular flexibility index (Phi) is 6.24. The van der Waals surface area contributed by atoms with Gasteiger partial charge in [0, 0.05) is 35.2 Å². The topological polar surface area (TPSA) is 95.6 Å². The summed E-state index contributed by atoms with van der Waals surface area (Å²) in [5, 5.41) is 6.19. The van der Waals surface area contributed by atoms with Gasteiger partial charge >= 0.3 is 0 Å². The fraction of sp³-hybridized carbons (Fsp3) is 0.222. The molecule has 0 radical (unpaired) electrons. The van der Waals surface area contributed by atoms with Gasteiger partial charge in [0.2, 0.25) is 15.9 Å². The second-order valence-corrected chi connectivity index (χ2v) is 8.92. The Morgan fingerprint density at radius 3 is 2.68 bits per heavy atom. The molecule has 10 heteroatoms. The predicted octanol–water partition coefficient (Wildman–Crippen LogP) is 2.04. The largest absolute Gasteiger partial charge is 0.354 e. The lowest BCUT2D eigenvalue weighted by Crippen LogP contribution is -2.49. The van der Waals surface area contributed by atoms with Crippen molar-refractivity contribution in [3.05, 3.63) is 63.6 Å². The van der Waals surface area contributed by atoms with Crippen LogP contribution in [0, 0.1) is 0 Å². The summed E-state index contributed by atoms with van der Waals surface area (Å²) < 4.78 is 26.6. The van der Waals surface area contributed by atoms with E-state index in [0.717, 1.165) is 4.31 Å². The van der Waals surface area contributed by atoms with Crippen molar-refractivity contribution in [2.75, 3.05) is 19.6 Å². The molecule has 1 aliphatic rings. The van der Waals surface area contributed by atoms with E-state index in [4.69, 9.17) is 23.2 Å². The summed E-state index contributed by atoms with van der Waals surface area (Å²) in [7, 11) is -3.87. The Morgan fingerprint density at radius 2 is 1.96 bits per heavy atom. The maximum absolute atomic E-state index is 12.7.